The molecule has 1 saturated heterocycles. The average molecular weight is 190 g/mol. The van der Waals surface area contributed by atoms with Crippen molar-refractivity contribution in [3.05, 3.63) is 0 Å². The number of hydrogen-bond donors (Lipinski definition) is 0. The van der Waals surface area contributed by atoms with Gasteiger partial charge in [0.05, 0.1) is 0 Å². The second kappa shape index (κ2) is 4.38. The quantitative estimate of drug-likeness (QED) is 0.374. The monoisotopic (exact) mass is 190 g/mol. The largest absolute Gasteiger partial charge is 0.328 e. The lowest BCUT2D eigenvalue weighted by Crippen LogP contribution is -1.93. The molecule has 0 radical (unpaired) electrons. The maximum atomic E-state index is 10.2. The molecule has 0 aromatic rings. The van der Waals surface area contributed by atoms with E-state index in [9.17, 15) is 9.13 Å². The number of rotatable bonds is 0. The van der Waals surface area contributed by atoms with Crippen LogP contribution in [0.15, 0.2) is 0 Å². The van der Waals surface area contributed by atoms with Crippen molar-refractivity contribution in [1.82, 2.24) is 0 Å². The Morgan fingerprint density at radius 1 is 1.11 bits per heavy atom. The first-order valence-electron chi connectivity index (χ1n) is 1.80. The summed E-state index contributed by atoms with van der Waals surface area (Å²) in [6.45, 7) is -0.185. The Labute approximate surface area is 57.6 Å². The third kappa shape index (κ3) is 3.30. The highest BCUT2D eigenvalue weighted by molar-refractivity contribution is 7.48. The Balaban J connectivity index is 0.000000640. The predicted octanol–water partition coefficient (Wildman–Crippen LogP) is -0.665. The van der Waals surface area contributed by atoms with E-state index in [2.05, 4.69) is 13.4 Å². The second-order valence-electron chi connectivity index (χ2n) is 1.01. The van der Waals surface area contributed by atoms with Gasteiger partial charge in [-0.1, -0.05) is 0 Å². The Morgan fingerprint density at radius 2 is 1.56 bits per heavy atom. The summed E-state index contributed by atoms with van der Waals surface area (Å²) in [6.07, 6.45) is 0. The fourth-order valence-electron chi connectivity index (χ4n) is 0.253. The molecule has 56 valence electrons. The molecular weight excluding hydrogens is 182 g/mol. The van der Waals surface area contributed by atoms with Gasteiger partial charge >= 0.3 is 16.5 Å². The van der Waals surface area contributed by atoms with Gasteiger partial charge in [0.15, 0.2) is 6.79 Å². The van der Waals surface area contributed by atoms with E-state index < -0.39 is 16.5 Å². The topological polar surface area (TPSA) is 61.8 Å². The van der Waals surface area contributed by atoms with Gasteiger partial charge in [-0.2, -0.15) is 0 Å². The van der Waals surface area contributed by atoms with Crippen molar-refractivity contribution in [3.8, 4) is 0 Å². The Morgan fingerprint density at radius 3 is 1.78 bits per heavy atom. The fourth-order valence-corrected chi connectivity index (χ4v) is 1.70. The molecule has 0 bridgehead atoms. The molecular formula is CH8O5P2Si. The summed E-state index contributed by atoms with van der Waals surface area (Å²) >= 11 is 0. The van der Waals surface area contributed by atoms with E-state index in [0.717, 1.165) is 0 Å². The van der Waals surface area contributed by atoms with Gasteiger partial charge in [0, 0.05) is 0 Å². The first kappa shape index (κ1) is 9.56. The summed E-state index contributed by atoms with van der Waals surface area (Å²) in [5, 5.41) is 0. The molecule has 9 heavy (non-hydrogen) atoms. The van der Waals surface area contributed by atoms with Crippen LogP contribution in [0.25, 0.3) is 0 Å². The van der Waals surface area contributed by atoms with Gasteiger partial charge in [-0.25, -0.2) is 4.31 Å². The molecule has 1 rings (SSSR count). The Hall–Kier alpha value is 0.557. The van der Waals surface area contributed by atoms with E-state index in [-0.39, 0.29) is 17.8 Å². The first-order valence-corrected chi connectivity index (χ1v) is 4.25. The molecule has 1 fully saturated rings. The Kier molecular flexibility index (Phi) is 4.66. The molecule has 0 aromatic carbocycles. The molecule has 0 aromatic heterocycles. The molecule has 0 amide bonds. The molecule has 1 aliphatic heterocycles. The summed E-state index contributed by atoms with van der Waals surface area (Å²) in [6, 6.07) is 0. The lowest BCUT2D eigenvalue weighted by Gasteiger charge is -2.09. The van der Waals surface area contributed by atoms with Crippen LogP contribution in [0.2, 0.25) is 0 Å². The van der Waals surface area contributed by atoms with Gasteiger partial charge in [-0.05, 0) is 11.0 Å². The molecule has 2 atom stereocenters. The minimum absolute atomic E-state index is 0. The zero-order valence-electron chi connectivity index (χ0n) is 3.75. The predicted molar refractivity (Wildman–Crippen MR) is 37.5 cm³/mol. The Bertz CT molecular complexity index is 121. The summed E-state index contributed by atoms with van der Waals surface area (Å²) in [7, 11) is -4.97. The first-order chi connectivity index (χ1) is 3.79. The van der Waals surface area contributed by atoms with Crippen LogP contribution in [0, 0.1) is 0 Å². The van der Waals surface area contributed by atoms with Gasteiger partial charge in [0.1, 0.15) is 0 Å². The smallest absolute Gasteiger partial charge is 0.282 e. The van der Waals surface area contributed by atoms with Gasteiger partial charge in [0.2, 0.25) is 0 Å². The van der Waals surface area contributed by atoms with Crippen LogP contribution in [-0.2, 0) is 22.5 Å². The highest BCUT2D eigenvalue weighted by Gasteiger charge is 2.12. The van der Waals surface area contributed by atoms with Gasteiger partial charge in [0.25, 0.3) is 0 Å². The van der Waals surface area contributed by atoms with Crippen molar-refractivity contribution >= 4 is 27.5 Å². The van der Waals surface area contributed by atoms with Gasteiger partial charge < -0.3 is 0 Å². The number of hydrogen-bond acceptors (Lipinski definition) is 5. The van der Waals surface area contributed by atoms with Crippen molar-refractivity contribution in [2.45, 2.75) is 0 Å². The van der Waals surface area contributed by atoms with E-state index in [4.69, 9.17) is 0 Å². The molecule has 2 unspecified atom stereocenters. The summed E-state index contributed by atoms with van der Waals surface area (Å²) < 4.78 is 33.0. The summed E-state index contributed by atoms with van der Waals surface area (Å²) in [5.41, 5.74) is 0. The van der Waals surface area contributed by atoms with Crippen molar-refractivity contribution in [3.63, 3.8) is 0 Å². The van der Waals surface area contributed by atoms with E-state index >= 15 is 0 Å². The normalized spacial score (nSPS) is 35.1. The zero-order valence-corrected chi connectivity index (χ0v) is 5.75. The van der Waals surface area contributed by atoms with Crippen LogP contribution in [0.1, 0.15) is 0 Å². The fraction of sp³-hybridized carbons (Fsp3) is 1.00. The van der Waals surface area contributed by atoms with Gasteiger partial charge in [-0.15, -0.1) is 0 Å². The minimum atomic E-state index is -2.48. The van der Waals surface area contributed by atoms with Gasteiger partial charge in [-0.3, -0.25) is 18.2 Å². The van der Waals surface area contributed by atoms with Crippen LogP contribution < -0.4 is 0 Å². The van der Waals surface area contributed by atoms with Crippen LogP contribution in [0.3, 0.4) is 0 Å². The molecule has 0 aliphatic carbocycles. The van der Waals surface area contributed by atoms with Crippen LogP contribution in [-0.4, -0.2) is 17.8 Å². The van der Waals surface area contributed by atoms with Crippen LogP contribution in [0.4, 0.5) is 0 Å². The van der Waals surface area contributed by atoms with E-state index in [0.29, 0.717) is 0 Å². The standard InChI is InChI=1S/CH4O5P2.H4Si/c2-7-4-1-5-8(3)6-7;/h7-8H,1H2;1H4. The lowest BCUT2D eigenvalue weighted by molar-refractivity contribution is 0.0870. The van der Waals surface area contributed by atoms with Crippen molar-refractivity contribution in [2.24, 2.45) is 0 Å². The van der Waals surface area contributed by atoms with Crippen molar-refractivity contribution in [2.75, 3.05) is 6.79 Å². The highest BCUT2D eigenvalue weighted by Crippen LogP contribution is 2.44. The van der Waals surface area contributed by atoms with E-state index in [1.165, 1.54) is 0 Å². The zero-order chi connectivity index (χ0) is 5.98. The SMILES string of the molecule is O=[PH]1OCO[PH](=O)O1.[SiH4]. The molecule has 1 heterocycles. The summed E-state index contributed by atoms with van der Waals surface area (Å²) in [4.78, 5) is 0. The molecule has 5 nitrogen and oxygen atoms in total. The molecule has 0 N–H and O–H groups in total. The van der Waals surface area contributed by atoms with Crippen LogP contribution >= 0.6 is 16.5 Å². The summed E-state index contributed by atoms with van der Waals surface area (Å²) in [5.74, 6) is 0. The van der Waals surface area contributed by atoms with Crippen LogP contribution in [0.5, 0.6) is 0 Å². The molecule has 1 aliphatic rings. The molecule has 0 saturated carbocycles. The molecule has 8 heteroatoms. The third-order valence-electron chi connectivity index (χ3n) is 0.520. The second-order valence-corrected chi connectivity index (χ2v) is 3.40. The minimum Gasteiger partial charge on any atom is -0.282 e. The average Bonchev–Trinajstić information content (AvgIpc) is 1.64. The highest BCUT2D eigenvalue weighted by atomic mass is 31.2. The van der Waals surface area contributed by atoms with Crippen molar-refractivity contribution < 1.29 is 22.5 Å². The van der Waals surface area contributed by atoms with E-state index in [1.807, 2.05) is 0 Å². The maximum absolute atomic E-state index is 10.2. The van der Waals surface area contributed by atoms with E-state index in [1.54, 1.807) is 0 Å². The molecule has 0 spiro atoms. The lowest BCUT2D eigenvalue weighted by atomic mass is 11.6. The maximum Gasteiger partial charge on any atom is 0.328 e. The third-order valence-corrected chi connectivity index (χ3v) is 2.56. The van der Waals surface area contributed by atoms with Crippen molar-refractivity contribution in [1.29, 1.82) is 0 Å².